The number of nitrogens with one attached hydrogen (secondary N) is 4. The summed E-state index contributed by atoms with van der Waals surface area (Å²) in [4.78, 5) is 53.2. The number of nitrogens with two attached hydrogens (primary N) is 1. The Morgan fingerprint density at radius 3 is 2.45 bits per heavy atom. The highest BCUT2D eigenvalue weighted by Gasteiger charge is 2.67. The van der Waals surface area contributed by atoms with Crippen LogP contribution < -0.4 is 26.4 Å². The minimum absolute atomic E-state index is 0.227. The number of amidine groups is 1. The van der Waals surface area contributed by atoms with Gasteiger partial charge < -0.3 is 35.8 Å². The van der Waals surface area contributed by atoms with Crippen LogP contribution in [-0.4, -0.2) is 78.0 Å². The smallest absolute Gasteiger partial charge is 0.410 e. The van der Waals surface area contributed by atoms with Crippen molar-refractivity contribution in [3.05, 3.63) is 81.8 Å². The fraction of sp³-hybridized carbons (Fsp3) is 0.344. The van der Waals surface area contributed by atoms with Crippen molar-refractivity contribution in [3.63, 3.8) is 0 Å². The largest absolute Gasteiger partial charge is 0.465 e. The minimum Gasteiger partial charge on any atom is -0.465 e. The van der Waals surface area contributed by atoms with E-state index in [1.54, 1.807) is 47.5 Å². The maximum absolute atomic E-state index is 13.6. The number of benzene rings is 2. The number of ether oxygens (including phenoxy) is 2. The maximum Gasteiger partial charge on any atom is 0.410 e. The van der Waals surface area contributed by atoms with Gasteiger partial charge in [-0.1, -0.05) is 0 Å². The molecule has 47 heavy (non-hydrogen) atoms. The molecule has 2 heterocycles. The number of carbonyl (C=O) groups excluding carboxylic acids is 3. The zero-order chi connectivity index (χ0) is 33.7. The van der Waals surface area contributed by atoms with Crippen LogP contribution in [0.4, 0.5) is 9.18 Å². The van der Waals surface area contributed by atoms with Crippen LogP contribution in [0.25, 0.3) is 0 Å². The van der Waals surface area contributed by atoms with E-state index >= 15 is 0 Å². The average Bonchev–Trinajstić information content (AvgIpc) is 3.35. The summed E-state index contributed by atoms with van der Waals surface area (Å²) in [7, 11) is 0. The van der Waals surface area contributed by atoms with Crippen LogP contribution in [-0.2, 0) is 14.3 Å². The van der Waals surface area contributed by atoms with Crippen molar-refractivity contribution < 1.29 is 38.1 Å². The molecule has 248 valence electrons. The molecule has 1 aromatic heterocycles. The topological polar surface area (TPSA) is 196 Å². The van der Waals surface area contributed by atoms with E-state index in [1.165, 1.54) is 35.6 Å². The number of carboxylic acid groups (broad SMARTS) is 1. The minimum atomic E-state index is -1.35. The van der Waals surface area contributed by atoms with E-state index in [1.807, 2.05) is 5.32 Å². The number of carbonyl (C=O) groups is 4. The zero-order valence-corrected chi connectivity index (χ0v) is 26.3. The molecule has 1 unspecified atom stereocenters. The van der Waals surface area contributed by atoms with Crippen LogP contribution in [0.1, 0.15) is 46.6 Å². The summed E-state index contributed by atoms with van der Waals surface area (Å²) in [5.41, 5.74) is 5.87. The van der Waals surface area contributed by atoms with Crippen molar-refractivity contribution >= 4 is 41.0 Å². The molecule has 3 aromatic rings. The second kappa shape index (κ2) is 14.3. The fourth-order valence-corrected chi connectivity index (χ4v) is 6.62. The van der Waals surface area contributed by atoms with E-state index in [9.17, 15) is 23.6 Å². The quantitative estimate of drug-likeness (QED) is 0.0909. The molecule has 4 amide bonds. The zero-order valence-electron chi connectivity index (χ0n) is 25.5. The summed E-state index contributed by atoms with van der Waals surface area (Å²) in [5, 5.41) is 26.0. The summed E-state index contributed by atoms with van der Waals surface area (Å²) in [6.07, 6.45) is -0.293. The lowest BCUT2D eigenvalue weighted by Crippen LogP contribution is -2.51. The monoisotopic (exact) mass is 666 g/mol. The molecule has 1 aliphatic carbocycles. The van der Waals surface area contributed by atoms with E-state index in [0.717, 1.165) is 0 Å². The fourth-order valence-electron chi connectivity index (χ4n) is 5.71. The summed E-state index contributed by atoms with van der Waals surface area (Å²) < 4.78 is 24.5. The Labute approximate surface area is 273 Å². The average molecular weight is 667 g/mol. The predicted octanol–water partition coefficient (Wildman–Crippen LogP) is 3.21. The third-order valence-electron chi connectivity index (χ3n) is 8.15. The van der Waals surface area contributed by atoms with E-state index in [0.29, 0.717) is 60.1 Å². The molecule has 15 heteroatoms. The van der Waals surface area contributed by atoms with Gasteiger partial charge in [0.25, 0.3) is 5.91 Å². The van der Waals surface area contributed by atoms with Gasteiger partial charge in [0, 0.05) is 39.4 Å². The van der Waals surface area contributed by atoms with Crippen LogP contribution in [0, 0.1) is 16.6 Å². The van der Waals surface area contributed by atoms with Gasteiger partial charge in [-0.15, -0.1) is 11.3 Å². The first-order chi connectivity index (χ1) is 22.5. The summed E-state index contributed by atoms with van der Waals surface area (Å²) in [6, 6.07) is 11.9. The predicted molar refractivity (Wildman–Crippen MR) is 170 cm³/mol. The highest BCUT2D eigenvalue weighted by molar-refractivity contribution is 7.10. The highest BCUT2D eigenvalue weighted by atomic mass is 32.1. The molecule has 5 rings (SSSR count). The Hall–Kier alpha value is -4.86. The number of halogens is 1. The molecule has 0 radical (unpaired) electrons. The van der Waals surface area contributed by atoms with Gasteiger partial charge >= 0.3 is 6.09 Å². The second-order valence-corrected chi connectivity index (χ2v) is 12.4. The molecular weight excluding hydrogens is 631 g/mol. The van der Waals surface area contributed by atoms with E-state index < -0.39 is 30.0 Å². The number of likely N-dealkylation sites (tertiary alicyclic amines) is 1. The standard InChI is InChI=1S/C32H35FN6O7S/c1-18(25-12-20(16-47-25)28(35)38-31(43)44)37-30(42)24-13-32(17-45-11-10-34)14-26(32)39(24)27(40)15-36-29(41)19-2-6-22(7-3-19)46-23-8-4-21(33)5-9-23/h2-9,12,16,18,24,26H,10-11,13-15,17,34H2,1H3,(H2,35,38)(H,36,41)(H,37,42)(H,43,44)/t18?,24-,26-,32+/m0/s1. The van der Waals surface area contributed by atoms with Gasteiger partial charge in [0.1, 0.15) is 29.2 Å². The van der Waals surface area contributed by atoms with Gasteiger partial charge in [-0.2, -0.15) is 0 Å². The number of piperidine rings is 1. The van der Waals surface area contributed by atoms with Crippen LogP contribution in [0.5, 0.6) is 11.5 Å². The van der Waals surface area contributed by atoms with Crippen molar-refractivity contribution in [2.45, 2.75) is 37.9 Å². The van der Waals surface area contributed by atoms with Crippen molar-refractivity contribution in [2.24, 2.45) is 11.1 Å². The number of thiophene rings is 1. The Bertz CT molecular complexity index is 1650. The molecule has 13 nitrogen and oxygen atoms in total. The molecule has 1 saturated carbocycles. The Kier molecular flexibility index (Phi) is 10.2. The molecule has 0 spiro atoms. The van der Waals surface area contributed by atoms with Gasteiger partial charge in [0.05, 0.1) is 25.8 Å². The van der Waals surface area contributed by atoms with Crippen LogP contribution in [0.3, 0.4) is 0 Å². The molecule has 4 atom stereocenters. The van der Waals surface area contributed by atoms with Crippen LogP contribution >= 0.6 is 11.3 Å². The van der Waals surface area contributed by atoms with Gasteiger partial charge in [-0.05, 0) is 74.4 Å². The molecule has 7 N–H and O–H groups in total. The first-order valence-electron chi connectivity index (χ1n) is 14.9. The molecular formula is C32H35FN6O7S. The van der Waals surface area contributed by atoms with Gasteiger partial charge in [0.15, 0.2) is 0 Å². The molecule has 2 aliphatic rings. The van der Waals surface area contributed by atoms with Crippen LogP contribution in [0.15, 0.2) is 60.0 Å². The summed E-state index contributed by atoms with van der Waals surface area (Å²) in [5.74, 6) is -1.03. The number of rotatable bonds is 13. The van der Waals surface area contributed by atoms with Gasteiger partial charge in [-0.3, -0.25) is 25.1 Å². The lowest BCUT2D eigenvalue weighted by atomic mass is 10.00. The maximum atomic E-state index is 13.6. The van der Waals surface area contributed by atoms with Crippen molar-refractivity contribution in [1.29, 1.82) is 5.41 Å². The van der Waals surface area contributed by atoms with E-state index in [2.05, 4.69) is 10.6 Å². The normalized spacial score (nSPS) is 20.1. The number of hydrogen-bond donors (Lipinski definition) is 6. The van der Waals surface area contributed by atoms with E-state index in [4.69, 9.17) is 25.7 Å². The summed E-state index contributed by atoms with van der Waals surface area (Å²) in [6.45, 7) is 2.49. The number of nitrogens with zero attached hydrogens (tertiary/aromatic N) is 1. The molecule has 1 saturated heterocycles. The molecule has 0 bridgehead atoms. The number of hydrogen-bond acceptors (Lipinski definition) is 9. The molecule has 2 aromatic carbocycles. The first-order valence-corrected chi connectivity index (χ1v) is 15.8. The first kappa shape index (κ1) is 33.5. The third-order valence-corrected chi connectivity index (χ3v) is 9.27. The van der Waals surface area contributed by atoms with Crippen molar-refractivity contribution in [2.75, 3.05) is 26.3 Å². The molecule has 2 fully saturated rings. The highest BCUT2D eigenvalue weighted by Crippen LogP contribution is 2.59. The number of fused-ring (bicyclic) bond motifs is 1. The van der Waals surface area contributed by atoms with E-state index in [-0.39, 0.29) is 35.6 Å². The van der Waals surface area contributed by atoms with Gasteiger partial charge in [-0.25, -0.2) is 9.18 Å². The lowest BCUT2D eigenvalue weighted by Gasteiger charge is -2.28. The third kappa shape index (κ3) is 7.93. The molecule has 1 aliphatic heterocycles. The Morgan fingerprint density at radius 1 is 1.11 bits per heavy atom. The SMILES string of the molecule is CC(NC(=O)[C@@H]1C[C@]2(COCCN)C[C@@H]2N1C(=O)CNC(=O)c1ccc(Oc2ccc(F)cc2)cc1)c1cc(C(=N)NC(=O)O)cs1. The Morgan fingerprint density at radius 2 is 1.79 bits per heavy atom. The van der Waals surface area contributed by atoms with Crippen molar-refractivity contribution in [1.82, 2.24) is 20.9 Å². The second-order valence-electron chi connectivity index (χ2n) is 11.5. The van der Waals surface area contributed by atoms with Crippen molar-refractivity contribution in [3.8, 4) is 11.5 Å². The van der Waals surface area contributed by atoms with Crippen LogP contribution in [0.2, 0.25) is 0 Å². The van der Waals surface area contributed by atoms with Gasteiger partial charge in [0.2, 0.25) is 11.8 Å². The lowest BCUT2D eigenvalue weighted by molar-refractivity contribution is -0.139. The Balaban J connectivity index is 1.21. The number of amides is 4. The summed E-state index contributed by atoms with van der Waals surface area (Å²) >= 11 is 1.27.